The molecule has 6 heteroatoms. The summed E-state index contributed by atoms with van der Waals surface area (Å²) in [7, 11) is 0. The summed E-state index contributed by atoms with van der Waals surface area (Å²) in [6.07, 6.45) is 6.07. The van der Waals surface area contributed by atoms with Crippen LogP contribution in [0.4, 0.5) is 0 Å². The van der Waals surface area contributed by atoms with Crippen LogP contribution in [-0.4, -0.2) is 32.9 Å². The van der Waals surface area contributed by atoms with Gasteiger partial charge in [-0.15, -0.1) is 0 Å². The molecule has 1 N–H and O–H groups in total. The number of carbonyl (C=O) groups is 2. The highest BCUT2D eigenvalue weighted by Crippen LogP contribution is 2.35. The summed E-state index contributed by atoms with van der Waals surface area (Å²) in [6, 6.07) is 15.8. The van der Waals surface area contributed by atoms with Crippen LogP contribution in [0, 0.1) is 12.8 Å². The van der Waals surface area contributed by atoms with Crippen LogP contribution < -0.4 is 5.32 Å². The minimum atomic E-state index is -1.04. The smallest absolute Gasteiger partial charge is 0.271 e. The van der Waals surface area contributed by atoms with E-state index in [1.165, 1.54) is 6.42 Å². The van der Waals surface area contributed by atoms with Crippen molar-refractivity contribution >= 4 is 11.8 Å². The van der Waals surface area contributed by atoms with Crippen LogP contribution in [0.2, 0.25) is 0 Å². The van der Waals surface area contributed by atoms with Crippen molar-refractivity contribution in [2.75, 3.05) is 0 Å². The van der Waals surface area contributed by atoms with Crippen molar-refractivity contribution in [3.05, 3.63) is 71.6 Å². The number of aryl methyl sites for hydroxylation is 1. The normalized spacial score (nSPS) is 24.7. The van der Waals surface area contributed by atoms with Crippen LogP contribution >= 0.6 is 0 Å². The maximum absolute atomic E-state index is 13.9. The minimum absolute atomic E-state index is 0.0866. The van der Waals surface area contributed by atoms with Crippen molar-refractivity contribution in [3.8, 4) is 11.5 Å². The Morgan fingerprint density at radius 3 is 2.53 bits per heavy atom. The second kappa shape index (κ2) is 8.82. The average Bonchev–Trinajstić information content (AvgIpc) is 3.49. The molecule has 0 saturated heterocycles. The predicted octanol–water partition coefficient (Wildman–Crippen LogP) is 5.17. The Bertz CT molecular complexity index is 1180. The van der Waals surface area contributed by atoms with Crippen LogP contribution in [-0.2, 0) is 17.9 Å². The van der Waals surface area contributed by atoms with Crippen molar-refractivity contribution < 1.29 is 14.0 Å². The zero-order valence-corrected chi connectivity index (χ0v) is 20.2. The van der Waals surface area contributed by atoms with Gasteiger partial charge in [-0.2, -0.15) is 0 Å². The molecule has 2 aromatic heterocycles. The molecule has 0 bridgehead atoms. The molecule has 1 saturated carbocycles. The SMILES string of the molecule is Cc1ccc(CN2C(=O)c3ccc(-c4ccco4)n3C[C@]2(C)C(=O)N[C@@H]2CCCC[C@H]2C)cc1. The third-order valence-electron chi connectivity index (χ3n) is 7.66. The summed E-state index contributed by atoms with van der Waals surface area (Å²) < 4.78 is 7.57. The maximum atomic E-state index is 13.9. The lowest BCUT2D eigenvalue weighted by Crippen LogP contribution is -2.65. The number of benzene rings is 1. The molecule has 2 aliphatic rings. The highest BCUT2D eigenvalue weighted by molar-refractivity contribution is 6.00. The fourth-order valence-electron chi connectivity index (χ4n) is 5.39. The summed E-state index contributed by atoms with van der Waals surface area (Å²) in [5.74, 6) is 0.900. The van der Waals surface area contributed by atoms with Gasteiger partial charge < -0.3 is 19.2 Å². The van der Waals surface area contributed by atoms with E-state index in [2.05, 4.69) is 12.2 Å². The Morgan fingerprint density at radius 2 is 1.82 bits per heavy atom. The Balaban J connectivity index is 1.52. The van der Waals surface area contributed by atoms with Gasteiger partial charge in [0.2, 0.25) is 5.91 Å². The first kappa shape index (κ1) is 22.5. The molecule has 5 rings (SSSR count). The van der Waals surface area contributed by atoms with E-state index in [0.29, 0.717) is 30.5 Å². The zero-order valence-electron chi connectivity index (χ0n) is 20.2. The highest BCUT2D eigenvalue weighted by atomic mass is 16.3. The lowest BCUT2D eigenvalue weighted by atomic mass is 9.85. The van der Waals surface area contributed by atoms with Gasteiger partial charge >= 0.3 is 0 Å². The van der Waals surface area contributed by atoms with Gasteiger partial charge in [-0.3, -0.25) is 9.59 Å². The predicted molar refractivity (Wildman–Crippen MR) is 131 cm³/mol. The van der Waals surface area contributed by atoms with Gasteiger partial charge in [0.1, 0.15) is 17.0 Å². The van der Waals surface area contributed by atoms with E-state index in [1.807, 2.05) is 66.9 Å². The first-order valence-electron chi connectivity index (χ1n) is 12.3. The number of furan rings is 1. The maximum Gasteiger partial charge on any atom is 0.271 e. The fraction of sp³-hybridized carbons (Fsp3) is 0.429. The lowest BCUT2D eigenvalue weighted by Gasteiger charge is -2.45. The summed E-state index contributed by atoms with van der Waals surface area (Å²) in [6.45, 7) is 6.90. The van der Waals surface area contributed by atoms with E-state index in [-0.39, 0.29) is 17.9 Å². The van der Waals surface area contributed by atoms with Gasteiger partial charge in [0, 0.05) is 12.6 Å². The third kappa shape index (κ3) is 3.95. The number of hydrogen-bond donors (Lipinski definition) is 1. The molecule has 0 unspecified atom stereocenters. The van der Waals surface area contributed by atoms with E-state index >= 15 is 0 Å². The van der Waals surface area contributed by atoms with Gasteiger partial charge in [0.05, 0.1) is 18.5 Å². The number of fused-ring (bicyclic) bond motifs is 1. The quantitative estimate of drug-likeness (QED) is 0.573. The van der Waals surface area contributed by atoms with Gasteiger partial charge in [-0.1, -0.05) is 49.6 Å². The van der Waals surface area contributed by atoms with Crippen molar-refractivity contribution in [1.82, 2.24) is 14.8 Å². The molecule has 3 atom stereocenters. The number of rotatable bonds is 5. The first-order valence-corrected chi connectivity index (χ1v) is 12.3. The van der Waals surface area contributed by atoms with E-state index in [1.54, 1.807) is 11.2 Å². The molecule has 3 heterocycles. The average molecular weight is 460 g/mol. The van der Waals surface area contributed by atoms with Crippen LogP contribution in [0.3, 0.4) is 0 Å². The Hall–Kier alpha value is -3.28. The molecule has 3 aromatic rings. The van der Waals surface area contributed by atoms with Crippen molar-refractivity contribution in [1.29, 1.82) is 0 Å². The Labute approximate surface area is 200 Å². The second-order valence-corrected chi connectivity index (χ2v) is 10.2. The molecule has 6 nitrogen and oxygen atoms in total. The monoisotopic (exact) mass is 459 g/mol. The topological polar surface area (TPSA) is 67.5 Å². The highest BCUT2D eigenvalue weighted by Gasteiger charge is 2.48. The third-order valence-corrected chi connectivity index (χ3v) is 7.66. The summed E-state index contributed by atoms with van der Waals surface area (Å²) in [4.78, 5) is 29.5. The van der Waals surface area contributed by atoms with Crippen LogP contribution in [0.15, 0.2) is 59.2 Å². The molecule has 1 aliphatic carbocycles. The standard InChI is InChI=1S/C28H33N3O3/c1-19-10-12-21(13-11-19)17-31-26(32)24-15-14-23(25-9-6-16-34-25)30(24)18-28(31,3)27(33)29-22-8-5-4-7-20(22)2/h6,9-16,20,22H,4-5,7-8,17-18H2,1-3H3,(H,29,33)/t20-,22-,28-/m1/s1. The Morgan fingerprint density at radius 1 is 1.09 bits per heavy atom. The van der Waals surface area contributed by atoms with Crippen LogP contribution in [0.5, 0.6) is 0 Å². The second-order valence-electron chi connectivity index (χ2n) is 10.2. The first-order chi connectivity index (χ1) is 16.4. The molecular formula is C28H33N3O3. The summed E-state index contributed by atoms with van der Waals surface area (Å²) >= 11 is 0. The van der Waals surface area contributed by atoms with Gasteiger partial charge in [-0.05, 0) is 62.4 Å². The van der Waals surface area contributed by atoms with E-state index < -0.39 is 5.54 Å². The fourth-order valence-corrected chi connectivity index (χ4v) is 5.39. The number of amides is 2. The molecule has 1 fully saturated rings. The number of aromatic nitrogens is 1. The number of carbonyl (C=O) groups excluding carboxylic acids is 2. The van der Waals surface area contributed by atoms with Gasteiger partial charge in [0.25, 0.3) is 5.91 Å². The van der Waals surface area contributed by atoms with Crippen molar-refractivity contribution in [2.45, 2.75) is 71.1 Å². The molecule has 0 spiro atoms. The van der Waals surface area contributed by atoms with Crippen molar-refractivity contribution in [2.24, 2.45) is 5.92 Å². The molecule has 178 valence electrons. The summed E-state index contributed by atoms with van der Waals surface area (Å²) in [5.41, 5.74) is 2.53. The molecule has 1 aliphatic heterocycles. The summed E-state index contributed by atoms with van der Waals surface area (Å²) in [5, 5.41) is 3.33. The zero-order chi connectivity index (χ0) is 23.9. The minimum Gasteiger partial charge on any atom is -0.463 e. The van der Waals surface area contributed by atoms with Gasteiger partial charge in [0.15, 0.2) is 0 Å². The molecule has 1 aromatic carbocycles. The van der Waals surface area contributed by atoms with E-state index in [4.69, 9.17) is 4.42 Å². The van der Waals surface area contributed by atoms with E-state index in [9.17, 15) is 9.59 Å². The number of hydrogen-bond acceptors (Lipinski definition) is 3. The van der Waals surface area contributed by atoms with Gasteiger partial charge in [-0.25, -0.2) is 0 Å². The van der Waals surface area contributed by atoms with E-state index in [0.717, 1.165) is 36.1 Å². The molecular weight excluding hydrogens is 426 g/mol. The Kier molecular flexibility index (Phi) is 5.84. The molecule has 2 amide bonds. The van der Waals surface area contributed by atoms with Crippen LogP contribution in [0.1, 0.15) is 61.1 Å². The lowest BCUT2D eigenvalue weighted by molar-refractivity contribution is -0.134. The number of nitrogens with zero attached hydrogens (tertiary/aromatic N) is 2. The molecule has 0 radical (unpaired) electrons. The molecule has 34 heavy (non-hydrogen) atoms. The number of nitrogens with one attached hydrogen (secondary N) is 1. The largest absolute Gasteiger partial charge is 0.463 e. The van der Waals surface area contributed by atoms with Crippen molar-refractivity contribution in [3.63, 3.8) is 0 Å². The van der Waals surface area contributed by atoms with Crippen LogP contribution in [0.25, 0.3) is 11.5 Å².